The van der Waals surface area contributed by atoms with E-state index in [-0.39, 0.29) is 23.6 Å². The number of anilines is 1. The van der Waals surface area contributed by atoms with Gasteiger partial charge < -0.3 is 15.0 Å². The van der Waals surface area contributed by atoms with Crippen molar-refractivity contribution in [2.75, 3.05) is 25.5 Å². The lowest BCUT2D eigenvalue weighted by molar-refractivity contribution is 0.171. The third-order valence-electron chi connectivity index (χ3n) is 9.77. The Labute approximate surface area is 282 Å². The second-order valence-electron chi connectivity index (χ2n) is 14.5. The summed E-state index contributed by atoms with van der Waals surface area (Å²) < 4.78 is 10.5. The maximum Gasteiger partial charge on any atom is 0.320 e. The van der Waals surface area contributed by atoms with E-state index in [0.717, 1.165) is 72.1 Å². The third-order valence-corrected chi connectivity index (χ3v) is 9.77. The Hall–Kier alpha value is -4.70. The van der Waals surface area contributed by atoms with Gasteiger partial charge in [-0.15, -0.1) is 10.2 Å². The van der Waals surface area contributed by atoms with Gasteiger partial charge in [-0.3, -0.25) is 9.72 Å². The quantitative estimate of drug-likeness (QED) is 0.194. The SMILES string of the molecule is Cc1ccc(-n2nc(C(C)(C)C)cc2NC(=O)N[C@H]2CC[C@@H](Oc3ccc4nnc(CC5CCN(C)CC5)n4c3)c3ccccc32)cc1. The van der Waals surface area contributed by atoms with Crippen LogP contribution in [0, 0.1) is 12.8 Å². The van der Waals surface area contributed by atoms with Crippen molar-refractivity contribution in [3.63, 3.8) is 0 Å². The second kappa shape index (κ2) is 13.1. The molecule has 250 valence electrons. The van der Waals surface area contributed by atoms with Crippen LogP contribution in [0.2, 0.25) is 0 Å². The minimum absolute atomic E-state index is 0.133. The summed E-state index contributed by atoms with van der Waals surface area (Å²) >= 11 is 0. The number of ether oxygens (including phenoxy) is 1. The summed E-state index contributed by atoms with van der Waals surface area (Å²) in [6.45, 7) is 10.7. The molecule has 2 aliphatic rings. The van der Waals surface area contributed by atoms with Gasteiger partial charge in [0.25, 0.3) is 0 Å². The Morgan fingerprint density at radius 2 is 1.69 bits per heavy atom. The zero-order valence-corrected chi connectivity index (χ0v) is 28.6. The molecule has 2 aromatic carbocycles. The van der Waals surface area contributed by atoms with Crippen LogP contribution in [-0.4, -0.2) is 55.4 Å². The number of hydrogen-bond acceptors (Lipinski definition) is 6. The molecule has 10 nitrogen and oxygen atoms in total. The van der Waals surface area contributed by atoms with Gasteiger partial charge in [-0.05, 0) is 94.1 Å². The number of rotatable bonds is 7. The highest BCUT2D eigenvalue weighted by molar-refractivity contribution is 5.89. The number of likely N-dealkylation sites (tertiary alicyclic amines) is 1. The Balaban J connectivity index is 1.06. The van der Waals surface area contributed by atoms with Gasteiger partial charge in [0, 0.05) is 17.9 Å². The largest absolute Gasteiger partial charge is 0.484 e. The summed E-state index contributed by atoms with van der Waals surface area (Å²) in [5.41, 5.74) is 5.78. The van der Waals surface area contributed by atoms with Gasteiger partial charge in [0.05, 0.1) is 23.6 Å². The number of pyridine rings is 1. The molecule has 10 heteroatoms. The van der Waals surface area contributed by atoms with Crippen LogP contribution in [0.1, 0.15) is 86.8 Å². The maximum absolute atomic E-state index is 13.5. The molecule has 48 heavy (non-hydrogen) atoms. The van der Waals surface area contributed by atoms with E-state index < -0.39 is 0 Å². The fourth-order valence-electron chi connectivity index (χ4n) is 6.87. The monoisotopic (exact) mass is 646 g/mol. The van der Waals surface area contributed by atoms with Crippen LogP contribution in [0.5, 0.6) is 5.75 Å². The molecule has 7 rings (SSSR count). The molecule has 0 radical (unpaired) electrons. The average Bonchev–Trinajstić information content (AvgIpc) is 3.68. The predicted octanol–water partition coefficient (Wildman–Crippen LogP) is 7.18. The number of hydrogen-bond donors (Lipinski definition) is 2. The Morgan fingerprint density at radius 1 is 0.938 bits per heavy atom. The first kappa shape index (κ1) is 31.9. The first-order valence-electron chi connectivity index (χ1n) is 17.1. The zero-order chi connectivity index (χ0) is 33.4. The van der Waals surface area contributed by atoms with Crippen molar-refractivity contribution in [2.45, 2.75) is 77.4 Å². The van der Waals surface area contributed by atoms with Crippen molar-refractivity contribution in [3.8, 4) is 11.4 Å². The summed E-state index contributed by atoms with van der Waals surface area (Å²) in [4.78, 5) is 15.9. The van der Waals surface area contributed by atoms with Gasteiger partial charge in [0.1, 0.15) is 23.5 Å². The molecule has 1 aliphatic carbocycles. The van der Waals surface area contributed by atoms with Crippen LogP contribution < -0.4 is 15.4 Å². The number of aromatic nitrogens is 5. The van der Waals surface area contributed by atoms with Crippen molar-refractivity contribution in [2.24, 2.45) is 5.92 Å². The second-order valence-corrected chi connectivity index (χ2v) is 14.5. The van der Waals surface area contributed by atoms with E-state index in [1.807, 2.05) is 53.3 Å². The van der Waals surface area contributed by atoms with E-state index >= 15 is 0 Å². The van der Waals surface area contributed by atoms with E-state index in [4.69, 9.17) is 9.84 Å². The highest BCUT2D eigenvalue weighted by Crippen LogP contribution is 2.39. The fraction of sp³-hybridized carbons (Fsp3) is 0.421. The van der Waals surface area contributed by atoms with Crippen molar-refractivity contribution in [3.05, 3.63) is 101 Å². The minimum atomic E-state index is -0.266. The summed E-state index contributed by atoms with van der Waals surface area (Å²) in [5.74, 6) is 3.03. The molecule has 3 aromatic heterocycles. The van der Waals surface area contributed by atoms with Crippen molar-refractivity contribution < 1.29 is 9.53 Å². The third kappa shape index (κ3) is 6.80. The van der Waals surface area contributed by atoms with E-state index in [1.54, 1.807) is 0 Å². The van der Waals surface area contributed by atoms with Crippen LogP contribution in [0.4, 0.5) is 10.6 Å². The zero-order valence-electron chi connectivity index (χ0n) is 28.6. The number of aryl methyl sites for hydroxylation is 1. The first-order chi connectivity index (χ1) is 23.1. The summed E-state index contributed by atoms with van der Waals surface area (Å²) in [7, 11) is 2.19. The lowest BCUT2D eigenvalue weighted by Gasteiger charge is -2.32. The highest BCUT2D eigenvalue weighted by Gasteiger charge is 2.30. The maximum atomic E-state index is 13.5. The van der Waals surface area contributed by atoms with Gasteiger partial charge in [0.15, 0.2) is 5.65 Å². The fourth-order valence-corrected chi connectivity index (χ4v) is 6.87. The molecule has 2 N–H and O–H groups in total. The van der Waals surface area contributed by atoms with Crippen LogP contribution >= 0.6 is 0 Å². The number of piperidine rings is 1. The molecule has 2 atom stereocenters. The average molecular weight is 647 g/mol. The van der Waals surface area contributed by atoms with E-state index in [2.05, 4.69) is 89.1 Å². The van der Waals surface area contributed by atoms with Gasteiger partial charge >= 0.3 is 6.03 Å². The summed E-state index contributed by atoms with van der Waals surface area (Å²) in [6, 6.07) is 21.9. The van der Waals surface area contributed by atoms with Crippen LogP contribution in [0.3, 0.4) is 0 Å². The molecule has 1 saturated heterocycles. The first-order valence-corrected chi connectivity index (χ1v) is 17.1. The van der Waals surface area contributed by atoms with Crippen molar-refractivity contribution in [1.82, 2.24) is 34.6 Å². The summed E-state index contributed by atoms with van der Waals surface area (Å²) in [6.07, 6.45) is 6.69. The number of amides is 2. The van der Waals surface area contributed by atoms with E-state index in [9.17, 15) is 4.79 Å². The molecule has 0 spiro atoms. The number of benzene rings is 2. The van der Waals surface area contributed by atoms with Gasteiger partial charge in [-0.1, -0.05) is 62.7 Å². The number of urea groups is 1. The highest BCUT2D eigenvalue weighted by atomic mass is 16.5. The molecule has 4 heterocycles. The number of carbonyl (C=O) groups excluding carboxylic acids is 1. The van der Waals surface area contributed by atoms with E-state index in [0.29, 0.717) is 11.7 Å². The molecule has 5 aromatic rings. The van der Waals surface area contributed by atoms with Crippen LogP contribution in [-0.2, 0) is 11.8 Å². The van der Waals surface area contributed by atoms with Crippen molar-refractivity contribution in [1.29, 1.82) is 0 Å². The molecule has 0 unspecified atom stereocenters. The molecular formula is C38H46N8O2. The Bertz CT molecular complexity index is 1900. The molecule has 1 fully saturated rings. The lowest BCUT2D eigenvalue weighted by Crippen LogP contribution is -2.36. The standard InChI is InChI=1S/C38H46N8O2/c1-25-10-12-27(13-11-25)46-35(23-33(43-46)38(2,3)4)40-37(47)39-31-15-16-32(30-9-7-6-8-29(30)31)48-28-14-17-34-41-42-36(45(34)24-28)22-26-18-20-44(5)21-19-26/h6-14,17,23-24,26,31-32H,15-16,18-22H2,1-5H3,(H2,39,40,47)/t31-,32+/m0/s1. The number of nitrogens with one attached hydrogen (secondary N) is 2. The Kier molecular flexibility index (Phi) is 8.68. The topological polar surface area (TPSA) is 102 Å². The van der Waals surface area contributed by atoms with E-state index in [1.165, 1.54) is 18.4 Å². The van der Waals surface area contributed by atoms with Crippen molar-refractivity contribution >= 4 is 17.5 Å². The number of nitrogens with zero attached hydrogens (tertiary/aromatic N) is 6. The number of fused-ring (bicyclic) bond motifs is 2. The predicted molar refractivity (Wildman–Crippen MR) is 188 cm³/mol. The van der Waals surface area contributed by atoms with Gasteiger partial charge in [-0.25, -0.2) is 9.48 Å². The van der Waals surface area contributed by atoms with Crippen LogP contribution in [0.15, 0.2) is 72.9 Å². The molecule has 2 amide bonds. The Morgan fingerprint density at radius 3 is 2.44 bits per heavy atom. The normalized spacial score (nSPS) is 18.9. The van der Waals surface area contributed by atoms with Gasteiger partial charge in [-0.2, -0.15) is 5.10 Å². The molecule has 1 aliphatic heterocycles. The lowest BCUT2D eigenvalue weighted by atomic mass is 9.85. The number of carbonyl (C=O) groups is 1. The molecule has 0 saturated carbocycles. The smallest absolute Gasteiger partial charge is 0.320 e. The van der Waals surface area contributed by atoms with Crippen LogP contribution in [0.25, 0.3) is 11.3 Å². The molecule has 0 bridgehead atoms. The molecular weight excluding hydrogens is 600 g/mol. The minimum Gasteiger partial charge on any atom is -0.484 e. The van der Waals surface area contributed by atoms with Gasteiger partial charge in [0.2, 0.25) is 0 Å². The summed E-state index contributed by atoms with van der Waals surface area (Å²) in [5, 5.41) is 20.2.